The van der Waals surface area contributed by atoms with E-state index in [1.165, 1.54) is 0 Å². The van der Waals surface area contributed by atoms with Crippen LogP contribution in [-0.2, 0) is 4.79 Å². The number of urea groups is 1. The third-order valence-corrected chi connectivity index (χ3v) is 3.27. The molecule has 1 aliphatic carbocycles. The monoisotopic (exact) mass is 212 g/mol. The van der Waals surface area contributed by atoms with Gasteiger partial charge in [-0.3, -0.25) is 4.79 Å². The smallest absolute Gasteiger partial charge is 0.317 e. The summed E-state index contributed by atoms with van der Waals surface area (Å²) < 4.78 is 0. The van der Waals surface area contributed by atoms with Gasteiger partial charge in [0.1, 0.15) is 0 Å². The van der Waals surface area contributed by atoms with Gasteiger partial charge in [-0.15, -0.1) is 0 Å². The number of nitrogens with one attached hydrogen (secondary N) is 1. The largest absolute Gasteiger partial charge is 0.481 e. The van der Waals surface area contributed by atoms with Crippen LogP contribution < -0.4 is 5.32 Å². The summed E-state index contributed by atoms with van der Waals surface area (Å²) in [6.45, 7) is 2.82. The van der Waals surface area contributed by atoms with E-state index >= 15 is 0 Å². The molecule has 5 heteroatoms. The Bertz CT molecular complexity index is 286. The molecule has 2 rings (SSSR count). The molecular formula is C10H16N2O3. The first-order valence-corrected chi connectivity index (χ1v) is 5.40. The summed E-state index contributed by atoms with van der Waals surface area (Å²) in [7, 11) is 0. The van der Waals surface area contributed by atoms with Gasteiger partial charge in [0.2, 0.25) is 0 Å². The van der Waals surface area contributed by atoms with E-state index in [2.05, 4.69) is 12.2 Å². The van der Waals surface area contributed by atoms with Crippen LogP contribution in [0.15, 0.2) is 0 Å². The van der Waals surface area contributed by atoms with Crippen molar-refractivity contribution in [2.75, 3.05) is 13.1 Å². The molecule has 2 atom stereocenters. The van der Waals surface area contributed by atoms with E-state index in [1.807, 2.05) is 0 Å². The van der Waals surface area contributed by atoms with Crippen molar-refractivity contribution in [2.24, 2.45) is 11.8 Å². The highest BCUT2D eigenvalue weighted by molar-refractivity contribution is 5.80. The van der Waals surface area contributed by atoms with E-state index in [0.717, 1.165) is 12.8 Å². The van der Waals surface area contributed by atoms with Crippen LogP contribution in [0, 0.1) is 11.8 Å². The first-order chi connectivity index (χ1) is 7.11. The minimum absolute atomic E-state index is 0.103. The molecule has 84 valence electrons. The quantitative estimate of drug-likeness (QED) is 0.716. The summed E-state index contributed by atoms with van der Waals surface area (Å²) in [6, 6.07) is 0.222. The van der Waals surface area contributed by atoms with Gasteiger partial charge in [-0.25, -0.2) is 4.79 Å². The highest BCUT2D eigenvalue weighted by atomic mass is 16.4. The van der Waals surface area contributed by atoms with Gasteiger partial charge in [-0.1, -0.05) is 13.3 Å². The molecule has 2 N–H and O–H groups in total. The first-order valence-electron chi connectivity index (χ1n) is 5.40. The van der Waals surface area contributed by atoms with Crippen molar-refractivity contribution < 1.29 is 14.7 Å². The molecule has 0 aromatic rings. The fourth-order valence-corrected chi connectivity index (χ4v) is 1.93. The Morgan fingerprint density at radius 2 is 2.13 bits per heavy atom. The van der Waals surface area contributed by atoms with Crippen molar-refractivity contribution >= 4 is 12.0 Å². The SMILES string of the molecule is CCC1CC1NC(=O)N1CC(C(=O)O)C1. The standard InChI is InChI=1S/C10H16N2O3/c1-2-6-3-8(6)11-10(15)12-4-7(5-12)9(13)14/h6-8H,2-5H2,1H3,(H,11,15)(H,13,14). The molecule has 2 amide bonds. The number of aliphatic carboxylic acids is 1. The summed E-state index contributed by atoms with van der Waals surface area (Å²) >= 11 is 0. The van der Waals surface area contributed by atoms with Crippen molar-refractivity contribution in [3.05, 3.63) is 0 Å². The van der Waals surface area contributed by atoms with Crippen LogP contribution in [-0.4, -0.2) is 41.1 Å². The second kappa shape index (κ2) is 3.72. The van der Waals surface area contributed by atoms with Crippen molar-refractivity contribution in [3.8, 4) is 0 Å². The lowest BCUT2D eigenvalue weighted by Gasteiger charge is -2.36. The average molecular weight is 212 g/mol. The van der Waals surface area contributed by atoms with E-state index < -0.39 is 5.97 Å². The van der Waals surface area contributed by atoms with Gasteiger partial charge >= 0.3 is 12.0 Å². The summed E-state index contributed by atoms with van der Waals surface area (Å²) in [4.78, 5) is 23.6. The highest BCUT2D eigenvalue weighted by Gasteiger charge is 2.40. The van der Waals surface area contributed by atoms with Gasteiger partial charge in [0.15, 0.2) is 0 Å². The molecule has 1 heterocycles. The lowest BCUT2D eigenvalue weighted by molar-refractivity contribution is -0.146. The molecule has 0 radical (unpaired) electrons. The van der Waals surface area contributed by atoms with E-state index in [-0.39, 0.29) is 11.9 Å². The van der Waals surface area contributed by atoms with Crippen molar-refractivity contribution in [2.45, 2.75) is 25.8 Å². The molecule has 0 spiro atoms. The highest BCUT2D eigenvalue weighted by Crippen LogP contribution is 2.33. The minimum atomic E-state index is -0.808. The lowest BCUT2D eigenvalue weighted by Crippen LogP contribution is -2.56. The van der Waals surface area contributed by atoms with Gasteiger partial charge in [0, 0.05) is 19.1 Å². The van der Waals surface area contributed by atoms with Crippen LogP contribution in [0.3, 0.4) is 0 Å². The Balaban J connectivity index is 1.69. The summed E-state index contributed by atoms with van der Waals surface area (Å²) in [5.74, 6) is -0.542. The van der Waals surface area contributed by atoms with Crippen molar-refractivity contribution in [1.29, 1.82) is 0 Å². The van der Waals surface area contributed by atoms with Crippen LogP contribution in [0.1, 0.15) is 19.8 Å². The number of hydrogen-bond donors (Lipinski definition) is 2. The molecule has 2 unspecified atom stereocenters. The second-order valence-corrected chi connectivity index (χ2v) is 4.40. The molecular weight excluding hydrogens is 196 g/mol. The molecule has 1 saturated heterocycles. The third kappa shape index (κ3) is 2.06. The Labute approximate surface area is 88.4 Å². The van der Waals surface area contributed by atoms with E-state index in [4.69, 9.17) is 5.11 Å². The number of rotatable bonds is 3. The number of nitrogens with zero attached hydrogens (tertiary/aromatic N) is 1. The maximum atomic E-state index is 11.5. The van der Waals surface area contributed by atoms with Crippen LogP contribution in [0.2, 0.25) is 0 Å². The van der Waals surface area contributed by atoms with Crippen LogP contribution in [0.5, 0.6) is 0 Å². The van der Waals surface area contributed by atoms with Crippen LogP contribution >= 0.6 is 0 Å². The molecule has 2 aliphatic rings. The molecule has 0 aromatic heterocycles. The predicted molar refractivity (Wildman–Crippen MR) is 53.4 cm³/mol. The number of carbonyl (C=O) groups is 2. The predicted octanol–water partition coefficient (Wildman–Crippen LogP) is 0.511. The summed E-state index contributed by atoms with van der Waals surface area (Å²) in [6.07, 6.45) is 2.17. The molecule has 5 nitrogen and oxygen atoms in total. The van der Waals surface area contributed by atoms with Crippen LogP contribution in [0.4, 0.5) is 4.79 Å². The van der Waals surface area contributed by atoms with Gasteiger partial charge in [-0.05, 0) is 12.3 Å². The van der Waals surface area contributed by atoms with Crippen molar-refractivity contribution in [3.63, 3.8) is 0 Å². The Morgan fingerprint density at radius 3 is 2.60 bits per heavy atom. The Kier molecular flexibility index (Phi) is 2.54. The maximum Gasteiger partial charge on any atom is 0.317 e. The topological polar surface area (TPSA) is 69.6 Å². The number of carboxylic acid groups (broad SMARTS) is 1. The van der Waals surface area contributed by atoms with Gasteiger partial charge in [0.25, 0.3) is 0 Å². The van der Waals surface area contributed by atoms with Crippen molar-refractivity contribution in [1.82, 2.24) is 10.2 Å². The first kappa shape index (κ1) is 10.3. The molecule has 1 aliphatic heterocycles. The van der Waals surface area contributed by atoms with E-state index in [9.17, 15) is 9.59 Å². The summed E-state index contributed by atoms with van der Waals surface area (Å²) in [5, 5.41) is 11.6. The summed E-state index contributed by atoms with van der Waals surface area (Å²) in [5.41, 5.74) is 0. The molecule has 0 aromatic carbocycles. The zero-order valence-electron chi connectivity index (χ0n) is 8.77. The number of amides is 2. The molecule has 1 saturated carbocycles. The number of hydrogen-bond acceptors (Lipinski definition) is 2. The fraction of sp³-hybridized carbons (Fsp3) is 0.800. The lowest BCUT2D eigenvalue weighted by atomic mass is 10.0. The number of carbonyl (C=O) groups excluding carboxylic acids is 1. The van der Waals surface area contributed by atoms with E-state index in [1.54, 1.807) is 4.90 Å². The molecule has 2 fully saturated rings. The second-order valence-electron chi connectivity index (χ2n) is 4.40. The maximum absolute atomic E-state index is 11.5. The molecule has 15 heavy (non-hydrogen) atoms. The van der Waals surface area contributed by atoms with Gasteiger partial charge < -0.3 is 15.3 Å². The fourth-order valence-electron chi connectivity index (χ4n) is 1.93. The minimum Gasteiger partial charge on any atom is -0.481 e. The zero-order chi connectivity index (χ0) is 11.0. The number of likely N-dealkylation sites (tertiary alicyclic amines) is 1. The van der Waals surface area contributed by atoms with E-state index in [0.29, 0.717) is 25.0 Å². The Morgan fingerprint density at radius 1 is 1.47 bits per heavy atom. The molecule has 0 bridgehead atoms. The normalized spacial score (nSPS) is 29.5. The van der Waals surface area contributed by atoms with Gasteiger partial charge in [-0.2, -0.15) is 0 Å². The average Bonchev–Trinajstić information content (AvgIpc) is 2.79. The Hall–Kier alpha value is -1.26. The number of carboxylic acids is 1. The van der Waals surface area contributed by atoms with Crippen LogP contribution in [0.25, 0.3) is 0 Å². The van der Waals surface area contributed by atoms with Gasteiger partial charge in [0.05, 0.1) is 5.92 Å². The zero-order valence-corrected chi connectivity index (χ0v) is 8.77. The third-order valence-electron chi connectivity index (χ3n) is 3.27.